The third-order valence-corrected chi connectivity index (χ3v) is 5.71. The first-order chi connectivity index (χ1) is 16.8. The predicted octanol–water partition coefficient (Wildman–Crippen LogP) is 5.24. The van der Waals surface area contributed by atoms with Gasteiger partial charge in [-0.2, -0.15) is 5.21 Å². The molecule has 5 aromatic rings. The summed E-state index contributed by atoms with van der Waals surface area (Å²) in [5, 5.41) is 14.2. The first-order valence-electron chi connectivity index (χ1n) is 11.3. The predicted molar refractivity (Wildman–Crippen MR) is 129 cm³/mol. The van der Waals surface area contributed by atoms with E-state index >= 15 is 0 Å². The molecular weight excluding hydrogens is 426 g/mol. The lowest BCUT2D eigenvalue weighted by Crippen LogP contribution is -2.02. The van der Waals surface area contributed by atoms with Crippen LogP contribution in [-0.2, 0) is 19.3 Å². The smallest absolute Gasteiger partial charge is 0.226 e. The number of rotatable bonds is 9. The lowest BCUT2D eigenvalue weighted by atomic mass is 9.96. The molecule has 7 heteroatoms. The van der Waals surface area contributed by atoms with Crippen LogP contribution < -0.4 is 4.74 Å². The Morgan fingerprint density at radius 1 is 0.824 bits per heavy atom. The molecule has 0 aliphatic carbocycles. The summed E-state index contributed by atoms with van der Waals surface area (Å²) in [6.45, 7) is 2.47. The first-order valence-corrected chi connectivity index (χ1v) is 11.3. The molecule has 0 amide bonds. The molecule has 0 fully saturated rings. The number of tetrazole rings is 1. The Kier molecular flexibility index (Phi) is 6.42. The molecule has 5 rings (SSSR count). The molecule has 2 aromatic heterocycles. The molecule has 0 atom stereocenters. The fraction of sp³-hybridized carbons (Fsp3) is 0.185. The third kappa shape index (κ3) is 5.04. The van der Waals surface area contributed by atoms with Gasteiger partial charge in [-0.15, -0.1) is 10.2 Å². The normalized spacial score (nSPS) is 11.0. The maximum absolute atomic E-state index is 5.99. The molecule has 2 heterocycles. The van der Waals surface area contributed by atoms with Crippen molar-refractivity contribution in [1.29, 1.82) is 0 Å². The van der Waals surface area contributed by atoms with E-state index in [1.54, 1.807) is 0 Å². The molecular formula is C27H25N5O2. The number of ether oxygens (including phenoxy) is 1. The zero-order chi connectivity index (χ0) is 23.2. The second kappa shape index (κ2) is 10.1. The van der Waals surface area contributed by atoms with Crippen LogP contribution in [0, 0.1) is 6.92 Å². The van der Waals surface area contributed by atoms with Gasteiger partial charge in [-0.25, -0.2) is 4.98 Å². The highest BCUT2D eigenvalue weighted by Gasteiger charge is 2.12. The van der Waals surface area contributed by atoms with Gasteiger partial charge >= 0.3 is 0 Å². The van der Waals surface area contributed by atoms with Crippen molar-refractivity contribution in [2.24, 2.45) is 0 Å². The summed E-state index contributed by atoms with van der Waals surface area (Å²) >= 11 is 0. The van der Waals surface area contributed by atoms with Crippen LogP contribution in [0.1, 0.15) is 22.8 Å². The number of aromatic nitrogens is 5. The summed E-state index contributed by atoms with van der Waals surface area (Å²) in [5.74, 6) is 3.03. The highest BCUT2D eigenvalue weighted by Crippen LogP contribution is 2.27. The number of nitrogens with zero attached hydrogens (tertiary/aromatic N) is 4. The maximum Gasteiger partial charge on any atom is 0.226 e. The van der Waals surface area contributed by atoms with E-state index in [2.05, 4.69) is 62.0 Å². The number of oxazole rings is 1. The Labute approximate surface area is 197 Å². The average molecular weight is 452 g/mol. The van der Waals surface area contributed by atoms with E-state index in [1.165, 1.54) is 11.1 Å². The minimum atomic E-state index is 0.530. The summed E-state index contributed by atoms with van der Waals surface area (Å²) in [6, 6.07) is 26.5. The number of H-pyrrole nitrogens is 1. The van der Waals surface area contributed by atoms with E-state index in [0.29, 0.717) is 18.9 Å². The Balaban J connectivity index is 1.20. The number of aryl methyl sites for hydroxylation is 3. The van der Waals surface area contributed by atoms with Crippen LogP contribution in [-0.4, -0.2) is 32.2 Å². The third-order valence-electron chi connectivity index (χ3n) is 5.71. The Hall–Kier alpha value is -4.26. The van der Waals surface area contributed by atoms with Crippen LogP contribution in [0.3, 0.4) is 0 Å². The van der Waals surface area contributed by atoms with Gasteiger partial charge < -0.3 is 9.15 Å². The van der Waals surface area contributed by atoms with E-state index in [0.717, 1.165) is 47.0 Å². The molecule has 0 aliphatic heterocycles. The van der Waals surface area contributed by atoms with Crippen LogP contribution in [0.25, 0.3) is 22.6 Å². The van der Waals surface area contributed by atoms with Crippen molar-refractivity contribution in [1.82, 2.24) is 25.6 Å². The van der Waals surface area contributed by atoms with Crippen molar-refractivity contribution in [2.45, 2.75) is 26.2 Å². The topological polar surface area (TPSA) is 89.7 Å². The fourth-order valence-corrected chi connectivity index (χ4v) is 3.92. The minimum Gasteiger partial charge on any atom is -0.493 e. The number of aromatic amines is 1. The van der Waals surface area contributed by atoms with Gasteiger partial charge in [-0.05, 0) is 54.3 Å². The number of benzene rings is 3. The van der Waals surface area contributed by atoms with Crippen LogP contribution in [0.2, 0.25) is 0 Å². The Bertz CT molecular complexity index is 1330. The van der Waals surface area contributed by atoms with Gasteiger partial charge in [0.25, 0.3) is 0 Å². The lowest BCUT2D eigenvalue weighted by molar-refractivity contribution is 0.320. The first kappa shape index (κ1) is 21.6. The highest BCUT2D eigenvalue weighted by molar-refractivity contribution is 5.68. The second-order valence-corrected chi connectivity index (χ2v) is 8.00. The summed E-state index contributed by atoms with van der Waals surface area (Å²) in [4.78, 5) is 4.65. The van der Waals surface area contributed by atoms with Gasteiger partial charge in [0, 0.05) is 18.4 Å². The Morgan fingerprint density at radius 2 is 1.62 bits per heavy atom. The van der Waals surface area contributed by atoms with E-state index < -0.39 is 0 Å². The second-order valence-electron chi connectivity index (χ2n) is 8.00. The van der Waals surface area contributed by atoms with Gasteiger partial charge in [-0.1, -0.05) is 59.8 Å². The number of hydrogen-bond donors (Lipinski definition) is 1. The largest absolute Gasteiger partial charge is 0.493 e. The maximum atomic E-state index is 5.99. The molecule has 34 heavy (non-hydrogen) atoms. The molecule has 0 bridgehead atoms. The number of hydrogen-bond acceptors (Lipinski definition) is 6. The van der Waals surface area contributed by atoms with E-state index in [9.17, 15) is 0 Å². The SMILES string of the molecule is Cc1oc(-c2ccccc2)nc1CCOc1ccc(-c2ccccc2CCc2nn[nH]n2)cc1. The molecule has 0 saturated heterocycles. The Morgan fingerprint density at radius 3 is 2.41 bits per heavy atom. The molecule has 0 aliphatic rings. The molecule has 3 aromatic carbocycles. The van der Waals surface area contributed by atoms with E-state index in [-0.39, 0.29) is 0 Å². The van der Waals surface area contributed by atoms with Gasteiger partial charge in [0.15, 0.2) is 5.82 Å². The molecule has 7 nitrogen and oxygen atoms in total. The van der Waals surface area contributed by atoms with Gasteiger partial charge in [-0.3, -0.25) is 0 Å². The average Bonchev–Trinajstić information content (AvgIpc) is 3.54. The van der Waals surface area contributed by atoms with Crippen molar-refractivity contribution in [3.8, 4) is 28.3 Å². The summed E-state index contributed by atoms with van der Waals surface area (Å²) in [7, 11) is 0. The van der Waals surface area contributed by atoms with Crippen LogP contribution >= 0.6 is 0 Å². The molecule has 1 N–H and O–H groups in total. The van der Waals surface area contributed by atoms with Crippen molar-refractivity contribution < 1.29 is 9.15 Å². The summed E-state index contributed by atoms with van der Waals surface area (Å²) < 4.78 is 11.8. The fourth-order valence-electron chi connectivity index (χ4n) is 3.92. The van der Waals surface area contributed by atoms with Gasteiger partial charge in [0.2, 0.25) is 5.89 Å². The molecule has 0 radical (unpaired) electrons. The van der Waals surface area contributed by atoms with Crippen LogP contribution in [0.15, 0.2) is 83.3 Å². The minimum absolute atomic E-state index is 0.530. The van der Waals surface area contributed by atoms with Crippen molar-refractivity contribution in [3.05, 3.63) is 102 Å². The zero-order valence-corrected chi connectivity index (χ0v) is 18.9. The van der Waals surface area contributed by atoms with Crippen molar-refractivity contribution >= 4 is 0 Å². The van der Waals surface area contributed by atoms with E-state index in [1.807, 2.05) is 49.4 Å². The monoisotopic (exact) mass is 451 g/mol. The standard InChI is InChI=1S/C27H25N5O2/c1-19-25(28-27(34-19)22-8-3-2-4-9-22)17-18-33-23-14-11-21(12-15-23)24-10-6-5-7-20(24)13-16-26-29-31-32-30-26/h2-12,14-15H,13,16-18H2,1H3,(H,29,30,31,32). The summed E-state index contributed by atoms with van der Waals surface area (Å²) in [5.41, 5.74) is 5.49. The van der Waals surface area contributed by atoms with Crippen molar-refractivity contribution in [3.63, 3.8) is 0 Å². The highest BCUT2D eigenvalue weighted by atomic mass is 16.5. The lowest BCUT2D eigenvalue weighted by Gasteiger charge is -2.10. The van der Waals surface area contributed by atoms with Gasteiger partial charge in [0.05, 0.1) is 12.3 Å². The molecule has 0 spiro atoms. The van der Waals surface area contributed by atoms with Crippen molar-refractivity contribution in [2.75, 3.05) is 6.61 Å². The van der Waals surface area contributed by atoms with E-state index in [4.69, 9.17) is 9.15 Å². The number of nitrogens with one attached hydrogen (secondary N) is 1. The molecule has 170 valence electrons. The zero-order valence-electron chi connectivity index (χ0n) is 18.9. The quantitative estimate of drug-likeness (QED) is 0.330. The molecule has 0 unspecified atom stereocenters. The van der Waals surface area contributed by atoms with Crippen LogP contribution in [0.5, 0.6) is 5.75 Å². The van der Waals surface area contributed by atoms with Gasteiger partial charge in [0.1, 0.15) is 11.5 Å². The van der Waals surface area contributed by atoms with Crippen LogP contribution in [0.4, 0.5) is 0 Å². The molecule has 0 saturated carbocycles. The summed E-state index contributed by atoms with van der Waals surface area (Å²) in [6.07, 6.45) is 2.26.